The molecule has 0 aliphatic carbocycles. The van der Waals surface area contributed by atoms with E-state index in [4.69, 9.17) is 10.5 Å². The first-order valence-corrected chi connectivity index (χ1v) is 13.3. The lowest BCUT2D eigenvalue weighted by atomic mass is 10.1. The van der Waals surface area contributed by atoms with E-state index in [9.17, 15) is 17.6 Å². The third kappa shape index (κ3) is 7.39. The van der Waals surface area contributed by atoms with E-state index in [1.807, 2.05) is 39.3 Å². The number of hydrogen-bond acceptors (Lipinski definition) is 8. The van der Waals surface area contributed by atoms with Crippen LogP contribution in [0.15, 0.2) is 53.6 Å². The summed E-state index contributed by atoms with van der Waals surface area (Å²) >= 11 is 0. The zero-order valence-corrected chi connectivity index (χ0v) is 22.3. The van der Waals surface area contributed by atoms with Gasteiger partial charge in [-0.3, -0.25) is 4.79 Å². The van der Waals surface area contributed by atoms with Crippen molar-refractivity contribution in [2.24, 2.45) is 11.8 Å². The summed E-state index contributed by atoms with van der Waals surface area (Å²) in [7, 11) is -4.29. The molecule has 1 amide bonds. The van der Waals surface area contributed by atoms with Crippen LogP contribution < -0.4 is 20.5 Å². The molecule has 3 aromatic rings. The van der Waals surface area contributed by atoms with Gasteiger partial charge >= 0.3 is 0 Å². The summed E-state index contributed by atoms with van der Waals surface area (Å²) in [5.74, 6) is -0.450. The van der Waals surface area contributed by atoms with E-state index in [-0.39, 0.29) is 44.4 Å². The minimum atomic E-state index is -4.29. The quantitative estimate of drug-likeness (QED) is 0.322. The van der Waals surface area contributed by atoms with E-state index in [1.165, 1.54) is 42.5 Å². The summed E-state index contributed by atoms with van der Waals surface area (Å²) in [5, 5.41) is 2.79. The Hall–Kier alpha value is -3.73. The summed E-state index contributed by atoms with van der Waals surface area (Å²) in [4.78, 5) is 21.4. The maximum absolute atomic E-state index is 14.4. The number of hydrogen-bond donors (Lipinski definition) is 3. The molecule has 11 heteroatoms. The van der Waals surface area contributed by atoms with E-state index in [0.29, 0.717) is 23.6 Å². The van der Waals surface area contributed by atoms with Crippen molar-refractivity contribution in [3.05, 3.63) is 59.9 Å². The van der Waals surface area contributed by atoms with Crippen molar-refractivity contribution in [3.63, 3.8) is 0 Å². The molecule has 1 unspecified atom stereocenters. The van der Waals surface area contributed by atoms with Crippen molar-refractivity contribution in [2.75, 3.05) is 17.7 Å². The zero-order chi connectivity index (χ0) is 27.3. The number of sulfonamides is 1. The summed E-state index contributed by atoms with van der Waals surface area (Å²) in [6, 6.07) is 11.2. The molecule has 0 bridgehead atoms. The van der Waals surface area contributed by atoms with Crippen LogP contribution in [0.25, 0.3) is 11.3 Å². The van der Waals surface area contributed by atoms with E-state index in [0.717, 1.165) is 0 Å². The third-order valence-electron chi connectivity index (χ3n) is 5.50. The number of nitrogens with zero attached hydrogens (tertiary/aromatic N) is 2. The molecule has 0 saturated carbocycles. The molecule has 0 saturated heterocycles. The number of rotatable bonds is 10. The maximum atomic E-state index is 14.4. The summed E-state index contributed by atoms with van der Waals surface area (Å²) < 4.78 is 47.5. The topological polar surface area (TPSA) is 136 Å². The molecule has 2 aromatic heterocycles. The fourth-order valence-corrected chi connectivity index (χ4v) is 4.10. The second-order valence-electron chi connectivity index (χ2n) is 9.49. The fourth-order valence-electron chi connectivity index (χ4n) is 3.16. The van der Waals surface area contributed by atoms with E-state index in [1.54, 1.807) is 6.07 Å². The first-order chi connectivity index (χ1) is 17.4. The van der Waals surface area contributed by atoms with Crippen LogP contribution in [0.5, 0.6) is 5.75 Å². The van der Waals surface area contributed by atoms with Crippen molar-refractivity contribution in [2.45, 2.75) is 45.7 Å². The van der Waals surface area contributed by atoms with Gasteiger partial charge in [-0.05, 0) is 55.2 Å². The average Bonchev–Trinajstić information content (AvgIpc) is 2.82. The Bertz CT molecular complexity index is 1390. The SMILES string of the molecule is CC(C)COc1cc(F)cc(-c2ccc(C(=O)NS(=O)(=O)c3cccc(N)n3)c(NC(C)C(C)C)n2)c1.[HH].[HH].[HH]. The Morgan fingerprint density at radius 1 is 1.08 bits per heavy atom. The number of halogens is 1. The van der Waals surface area contributed by atoms with Crippen molar-refractivity contribution in [1.82, 2.24) is 14.7 Å². The summed E-state index contributed by atoms with van der Waals surface area (Å²) in [5.41, 5.74) is 6.41. The van der Waals surface area contributed by atoms with Gasteiger partial charge in [-0.25, -0.2) is 19.1 Å². The van der Waals surface area contributed by atoms with Crippen LogP contribution in [0, 0.1) is 17.7 Å². The van der Waals surface area contributed by atoms with Crippen LogP contribution in [0.2, 0.25) is 0 Å². The Labute approximate surface area is 221 Å². The highest BCUT2D eigenvalue weighted by atomic mass is 32.2. The fraction of sp³-hybridized carbons (Fsp3) is 0.346. The second kappa shape index (κ2) is 11.5. The minimum Gasteiger partial charge on any atom is -0.493 e. The van der Waals surface area contributed by atoms with Gasteiger partial charge in [0, 0.05) is 22.0 Å². The average molecular weight is 536 g/mol. The first kappa shape index (κ1) is 27.9. The number of carbonyl (C=O) groups is 1. The van der Waals surface area contributed by atoms with Crippen molar-refractivity contribution < 1.29 is 26.6 Å². The molecule has 37 heavy (non-hydrogen) atoms. The van der Waals surface area contributed by atoms with Gasteiger partial charge in [-0.2, -0.15) is 8.42 Å². The van der Waals surface area contributed by atoms with Crippen LogP contribution >= 0.6 is 0 Å². The maximum Gasteiger partial charge on any atom is 0.281 e. The van der Waals surface area contributed by atoms with Crippen LogP contribution in [0.1, 0.15) is 49.3 Å². The molecule has 2 heterocycles. The molecule has 3 rings (SSSR count). The number of carbonyl (C=O) groups excluding carboxylic acids is 1. The first-order valence-electron chi connectivity index (χ1n) is 11.9. The normalized spacial score (nSPS) is 12.4. The smallest absolute Gasteiger partial charge is 0.281 e. The molecule has 1 aromatic carbocycles. The number of ether oxygens (including phenoxy) is 1. The molecule has 0 aliphatic heterocycles. The molecule has 0 radical (unpaired) electrons. The van der Waals surface area contributed by atoms with Gasteiger partial charge in [0.2, 0.25) is 0 Å². The van der Waals surface area contributed by atoms with Crippen molar-refractivity contribution in [3.8, 4) is 17.0 Å². The molecule has 204 valence electrons. The van der Waals surface area contributed by atoms with E-state index in [2.05, 4.69) is 15.3 Å². The molecule has 0 spiro atoms. The number of amides is 1. The highest BCUT2D eigenvalue weighted by Crippen LogP contribution is 2.28. The highest BCUT2D eigenvalue weighted by Gasteiger charge is 2.24. The van der Waals surface area contributed by atoms with Crippen molar-refractivity contribution in [1.29, 1.82) is 0 Å². The number of pyridine rings is 2. The number of nitrogens with two attached hydrogens (primary N) is 1. The third-order valence-corrected chi connectivity index (χ3v) is 6.73. The molecule has 4 N–H and O–H groups in total. The molecular formula is C26H38FN5O4S. The van der Waals surface area contributed by atoms with Gasteiger partial charge in [0.05, 0.1) is 17.9 Å². The number of benzene rings is 1. The lowest BCUT2D eigenvalue weighted by Gasteiger charge is -2.21. The molecular weight excluding hydrogens is 497 g/mol. The van der Waals surface area contributed by atoms with Crippen molar-refractivity contribution >= 4 is 27.6 Å². The van der Waals surface area contributed by atoms with Crippen LogP contribution in [-0.2, 0) is 10.0 Å². The van der Waals surface area contributed by atoms with Gasteiger partial charge in [-0.15, -0.1) is 0 Å². The molecule has 0 fully saturated rings. The van der Waals surface area contributed by atoms with Crippen LogP contribution in [0.3, 0.4) is 0 Å². The van der Waals surface area contributed by atoms with E-state index >= 15 is 0 Å². The summed E-state index contributed by atoms with van der Waals surface area (Å²) in [6.45, 7) is 10.3. The number of aromatic nitrogens is 2. The van der Waals surface area contributed by atoms with Gasteiger partial charge in [0.15, 0.2) is 5.03 Å². The highest BCUT2D eigenvalue weighted by molar-refractivity contribution is 7.90. The number of nitrogen functional groups attached to an aromatic ring is 1. The monoisotopic (exact) mass is 535 g/mol. The van der Waals surface area contributed by atoms with Gasteiger partial charge in [0.25, 0.3) is 15.9 Å². The Balaban J connectivity index is 0.00000507. The Morgan fingerprint density at radius 2 is 1.81 bits per heavy atom. The molecule has 1 atom stereocenters. The van der Waals surface area contributed by atoms with Crippen LogP contribution in [0.4, 0.5) is 16.0 Å². The standard InChI is InChI=1S/C26H32FN5O4S.3H2/c1-15(2)14-36-20-12-18(11-19(27)13-20)22-10-9-21(25(30-22)29-17(5)16(3)4)26(33)32-37(34,35)24-8-6-7-23(28)31-24;;;/h6-13,15-17H,14H2,1-5H3,(H2,28,31)(H,29,30)(H,32,33);3*1H. The minimum absolute atomic E-state index is 0. The summed E-state index contributed by atoms with van der Waals surface area (Å²) in [6.07, 6.45) is 0. The zero-order valence-electron chi connectivity index (χ0n) is 21.4. The van der Waals surface area contributed by atoms with Gasteiger partial charge in [0.1, 0.15) is 23.2 Å². The Morgan fingerprint density at radius 3 is 2.46 bits per heavy atom. The van der Waals surface area contributed by atoms with Gasteiger partial charge < -0.3 is 15.8 Å². The van der Waals surface area contributed by atoms with Gasteiger partial charge in [-0.1, -0.05) is 33.8 Å². The van der Waals surface area contributed by atoms with Crippen LogP contribution in [-0.4, -0.2) is 36.9 Å². The predicted octanol–water partition coefficient (Wildman–Crippen LogP) is 5.21. The van der Waals surface area contributed by atoms with E-state index < -0.39 is 21.7 Å². The number of anilines is 2. The predicted molar refractivity (Wildman–Crippen MR) is 148 cm³/mol. The lowest BCUT2D eigenvalue weighted by molar-refractivity contribution is 0.0981. The number of nitrogens with one attached hydrogen (secondary N) is 2. The largest absolute Gasteiger partial charge is 0.493 e. The Kier molecular flexibility index (Phi) is 8.69. The molecule has 0 aliphatic rings. The molecule has 9 nitrogen and oxygen atoms in total. The lowest BCUT2D eigenvalue weighted by Crippen LogP contribution is -2.33. The second-order valence-corrected chi connectivity index (χ2v) is 11.1.